The summed E-state index contributed by atoms with van der Waals surface area (Å²) in [6, 6.07) is 21.6. The summed E-state index contributed by atoms with van der Waals surface area (Å²) in [6.45, 7) is 1.34. The van der Waals surface area contributed by atoms with Gasteiger partial charge in [-0.25, -0.2) is 4.79 Å². The zero-order valence-corrected chi connectivity index (χ0v) is 25.7. The lowest BCUT2D eigenvalue weighted by Gasteiger charge is -2.33. The standard InChI is InChI=1S/C33H40Cl2N2O4/c1-37(2,3)31(21-25-13-9-8-10-14-25)32(38)36-19-11-6-4-5-7-12-20-40-29-15-17-30(18-16-29)41-33(39)26-22-27(34)24-28(35)23-26/h8-10,13-18,22-24,31H,4-7,11-12,19-21H2,1-3H3/p+1. The Kier molecular flexibility index (Phi) is 13.0. The molecule has 0 aliphatic rings. The molecule has 3 rings (SSSR count). The first kappa shape index (κ1) is 32.5. The highest BCUT2D eigenvalue weighted by molar-refractivity contribution is 6.35. The van der Waals surface area contributed by atoms with Gasteiger partial charge in [0.15, 0.2) is 6.04 Å². The number of nitrogens with zero attached hydrogens (tertiary/aromatic N) is 1. The van der Waals surface area contributed by atoms with E-state index in [0.717, 1.165) is 50.7 Å². The number of halogens is 2. The molecule has 1 N–H and O–H groups in total. The largest absolute Gasteiger partial charge is 0.494 e. The Morgan fingerprint density at radius 3 is 2.00 bits per heavy atom. The molecule has 220 valence electrons. The number of quaternary nitrogens is 1. The van der Waals surface area contributed by atoms with Crippen molar-refractivity contribution in [3.8, 4) is 11.5 Å². The van der Waals surface area contributed by atoms with Crippen LogP contribution in [0.25, 0.3) is 0 Å². The van der Waals surface area contributed by atoms with Crippen molar-refractivity contribution in [2.45, 2.75) is 51.0 Å². The van der Waals surface area contributed by atoms with Gasteiger partial charge >= 0.3 is 5.97 Å². The zero-order valence-electron chi connectivity index (χ0n) is 24.2. The Morgan fingerprint density at radius 2 is 1.37 bits per heavy atom. The summed E-state index contributed by atoms with van der Waals surface area (Å²) in [5.41, 5.74) is 1.48. The maximum atomic E-state index is 12.9. The van der Waals surface area contributed by atoms with E-state index < -0.39 is 5.97 Å². The molecule has 0 radical (unpaired) electrons. The molecule has 0 aromatic heterocycles. The van der Waals surface area contributed by atoms with Gasteiger partial charge in [-0.2, -0.15) is 0 Å². The molecule has 0 spiro atoms. The number of nitrogens with one attached hydrogen (secondary N) is 1. The number of ether oxygens (including phenoxy) is 2. The predicted octanol–water partition coefficient (Wildman–Crippen LogP) is 7.37. The van der Waals surface area contributed by atoms with Crippen molar-refractivity contribution < 1.29 is 23.5 Å². The summed E-state index contributed by atoms with van der Waals surface area (Å²) in [4.78, 5) is 25.2. The minimum absolute atomic E-state index is 0.114. The van der Waals surface area contributed by atoms with Crippen LogP contribution in [0.3, 0.4) is 0 Å². The SMILES string of the molecule is C[N+](C)(C)C(Cc1ccccc1)C(=O)NCCCCCCCCOc1ccc(OC(=O)c2cc(Cl)cc(Cl)c2)cc1. The second-order valence-electron chi connectivity index (χ2n) is 11.1. The molecular formula is C33H41Cl2N2O4+. The Bertz CT molecular complexity index is 1220. The quantitative estimate of drug-likeness (QED) is 0.0808. The van der Waals surface area contributed by atoms with Crippen molar-refractivity contribution >= 4 is 35.1 Å². The van der Waals surface area contributed by atoms with Crippen LogP contribution in [0.4, 0.5) is 0 Å². The van der Waals surface area contributed by atoms with Crippen LogP contribution in [0.15, 0.2) is 72.8 Å². The van der Waals surface area contributed by atoms with Gasteiger partial charge in [0.1, 0.15) is 11.5 Å². The van der Waals surface area contributed by atoms with Gasteiger partial charge in [0, 0.05) is 23.0 Å². The molecule has 0 fully saturated rings. The third-order valence-corrected chi connectivity index (χ3v) is 7.22. The van der Waals surface area contributed by atoms with E-state index >= 15 is 0 Å². The third-order valence-electron chi connectivity index (χ3n) is 6.78. The number of esters is 1. The van der Waals surface area contributed by atoms with Crippen LogP contribution < -0.4 is 14.8 Å². The van der Waals surface area contributed by atoms with Crippen LogP contribution in [0.2, 0.25) is 10.0 Å². The number of carbonyl (C=O) groups is 2. The first-order valence-corrected chi connectivity index (χ1v) is 14.9. The first-order valence-electron chi connectivity index (χ1n) is 14.2. The third kappa shape index (κ3) is 11.8. The minimum atomic E-state index is -0.526. The van der Waals surface area contributed by atoms with Gasteiger partial charge in [-0.3, -0.25) is 4.79 Å². The number of benzene rings is 3. The van der Waals surface area contributed by atoms with Gasteiger partial charge in [0.2, 0.25) is 0 Å². The summed E-state index contributed by atoms with van der Waals surface area (Å²) in [6.07, 6.45) is 7.13. The maximum Gasteiger partial charge on any atom is 0.343 e. The fourth-order valence-electron chi connectivity index (χ4n) is 4.45. The lowest BCUT2D eigenvalue weighted by atomic mass is 10.0. The molecule has 0 saturated heterocycles. The Balaban J connectivity index is 1.25. The van der Waals surface area contributed by atoms with E-state index in [2.05, 4.69) is 38.6 Å². The van der Waals surface area contributed by atoms with E-state index in [9.17, 15) is 9.59 Å². The highest BCUT2D eigenvalue weighted by atomic mass is 35.5. The lowest BCUT2D eigenvalue weighted by Crippen LogP contribution is -2.55. The molecule has 1 unspecified atom stereocenters. The summed E-state index contributed by atoms with van der Waals surface area (Å²) < 4.78 is 11.8. The van der Waals surface area contributed by atoms with Crippen LogP contribution in [0.1, 0.15) is 54.4 Å². The number of hydrogen-bond acceptors (Lipinski definition) is 4. The molecule has 41 heavy (non-hydrogen) atoms. The molecule has 3 aromatic rings. The van der Waals surface area contributed by atoms with Crippen molar-refractivity contribution in [2.24, 2.45) is 0 Å². The van der Waals surface area contributed by atoms with Crippen LogP contribution in [-0.2, 0) is 11.2 Å². The second kappa shape index (κ2) is 16.4. The van der Waals surface area contributed by atoms with E-state index in [1.807, 2.05) is 18.2 Å². The second-order valence-corrected chi connectivity index (χ2v) is 12.0. The summed E-state index contributed by atoms with van der Waals surface area (Å²) in [5.74, 6) is 0.738. The number of carbonyl (C=O) groups excluding carboxylic acids is 2. The highest BCUT2D eigenvalue weighted by Gasteiger charge is 2.31. The normalized spacial score (nSPS) is 12.0. The molecule has 0 aliphatic heterocycles. The minimum Gasteiger partial charge on any atom is -0.494 e. The highest BCUT2D eigenvalue weighted by Crippen LogP contribution is 2.22. The molecule has 0 heterocycles. The van der Waals surface area contributed by atoms with E-state index in [1.165, 1.54) is 17.7 Å². The summed E-state index contributed by atoms with van der Waals surface area (Å²) in [7, 11) is 6.22. The molecule has 0 bridgehead atoms. The summed E-state index contributed by atoms with van der Waals surface area (Å²) in [5, 5.41) is 3.90. The van der Waals surface area contributed by atoms with Crippen LogP contribution in [0.5, 0.6) is 11.5 Å². The van der Waals surface area contributed by atoms with Gasteiger partial charge < -0.3 is 19.3 Å². The number of likely N-dealkylation sites (N-methyl/N-ethyl adjacent to an activating group) is 1. The van der Waals surface area contributed by atoms with Gasteiger partial charge in [0.05, 0.1) is 33.3 Å². The number of unbranched alkanes of at least 4 members (excludes halogenated alkanes) is 5. The van der Waals surface area contributed by atoms with Crippen molar-refractivity contribution in [1.82, 2.24) is 5.32 Å². The Hall–Kier alpha value is -3.06. The van der Waals surface area contributed by atoms with Crippen molar-refractivity contribution in [1.29, 1.82) is 0 Å². The fraction of sp³-hybridized carbons (Fsp3) is 0.394. The molecule has 1 atom stereocenters. The van der Waals surface area contributed by atoms with Crippen LogP contribution in [-0.4, -0.2) is 56.7 Å². The van der Waals surface area contributed by atoms with Gasteiger partial charge in [-0.15, -0.1) is 0 Å². The molecule has 0 aliphatic carbocycles. The Labute approximate surface area is 254 Å². The van der Waals surface area contributed by atoms with Gasteiger partial charge in [0.25, 0.3) is 5.91 Å². The van der Waals surface area contributed by atoms with Crippen molar-refractivity contribution in [2.75, 3.05) is 34.3 Å². The molecule has 3 aromatic carbocycles. The van der Waals surface area contributed by atoms with Crippen LogP contribution >= 0.6 is 23.2 Å². The maximum absolute atomic E-state index is 12.9. The number of amides is 1. The first-order chi connectivity index (χ1) is 19.6. The summed E-state index contributed by atoms with van der Waals surface area (Å²) >= 11 is 11.9. The van der Waals surface area contributed by atoms with Crippen molar-refractivity contribution in [3.63, 3.8) is 0 Å². The van der Waals surface area contributed by atoms with E-state index in [0.29, 0.717) is 39.0 Å². The average molecular weight is 601 g/mol. The van der Waals surface area contributed by atoms with E-state index in [-0.39, 0.29) is 11.9 Å². The molecule has 1 amide bonds. The number of rotatable bonds is 16. The van der Waals surface area contributed by atoms with Gasteiger partial charge in [-0.05, 0) is 60.9 Å². The monoisotopic (exact) mass is 599 g/mol. The lowest BCUT2D eigenvalue weighted by molar-refractivity contribution is -0.886. The predicted molar refractivity (Wildman–Crippen MR) is 166 cm³/mol. The van der Waals surface area contributed by atoms with E-state index in [4.69, 9.17) is 32.7 Å². The smallest absolute Gasteiger partial charge is 0.343 e. The van der Waals surface area contributed by atoms with Gasteiger partial charge in [-0.1, -0.05) is 79.2 Å². The molecule has 6 nitrogen and oxygen atoms in total. The molecule has 0 saturated carbocycles. The average Bonchev–Trinajstić information content (AvgIpc) is 2.93. The number of hydrogen-bond donors (Lipinski definition) is 1. The van der Waals surface area contributed by atoms with Crippen molar-refractivity contribution in [3.05, 3.63) is 94.0 Å². The Morgan fingerprint density at radius 1 is 0.780 bits per heavy atom. The fourth-order valence-corrected chi connectivity index (χ4v) is 4.98. The van der Waals surface area contributed by atoms with Crippen LogP contribution in [0, 0.1) is 0 Å². The molecular weight excluding hydrogens is 559 g/mol. The topological polar surface area (TPSA) is 64.6 Å². The molecule has 8 heteroatoms. The van der Waals surface area contributed by atoms with E-state index in [1.54, 1.807) is 30.3 Å². The zero-order chi connectivity index (χ0) is 29.7.